The van der Waals surface area contributed by atoms with Gasteiger partial charge in [0.2, 0.25) is 5.91 Å². The molecule has 1 fully saturated rings. The Balaban J connectivity index is 1.71. The first kappa shape index (κ1) is 20.9. The molecule has 7 nitrogen and oxygen atoms in total. The number of alkyl halides is 3. The minimum absolute atomic E-state index is 0.0363. The molecule has 2 heterocycles. The lowest BCUT2D eigenvalue weighted by molar-refractivity contribution is -0.141. The molecule has 0 saturated heterocycles. The second-order valence-electron chi connectivity index (χ2n) is 7.72. The smallest absolute Gasteiger partial charge is 0.435 e. The fourth-order valence-corrected chi connectivity index (χ4v) is 3.59. The highest BCUT2D eigenvalue weighted by atomic mass is 19.4. The summed E-state index contributed by atoms with van der Waals surface area (Å²) >= 11 is 0. The Kier molecular flexibility index (Phi) is 4.99. The first-order chi connectivity index (χ1) is 15.8. The predicted molar refractivity (Wildman–Crippen MR) is 115 cm³/mol. The lowest BCUT2D eigenvalue weighted by Gasteiger charge is -2.13. The van der Waals surface area contributed by atoms with Gasteiger partial charge in [0.25, 0.3) is 0 Å². The molecule has 1 aliphatic carbocycles. The number of aromatic nitrogens is 4. The molecule has 0 aliphatic heterocycles. The molecule has 1 amide bonds. The SMILES string of the molecule is COc1cc2ncnc(-c3cc(C(F)(F)F)nn3-c3ccccc3)c2cc1NC(=O)C1CC1. The van der Waals surface area contributed by atoms with Crippen LogP contribution in [-0.4, -0.2) is 32.8 Å². The number of rotatable bonds is 5. The van der Waals surface area contributed by atoms with Crippen LogP contribution in [0.2, 0.25) is 0 Å². The van der Waals surface area contributed by atoms with E-state index in [9.17, 15) is 18.0 Å². The van der Waals surface area contributed by atoms with Crippen LogP contribution in [0.3, 0.4) is 0 Å². The normalized spacial score (nSPS) is 13.8. The van der Waals surface area contributed by atoms with E-state index < -0.39 is 11.9 Å². The summed E-state index contributed by atoms with van der Waals surface area (Å²) in [6.45, 7) is 0. The molecule has 4 aromatic rings. The monoisotopic (exact) mass is 453 g/mol. The van der Waals surface area contributed by atoms with Gasteiger partial charge in [0.05, 0.1) is 29.7 Å². The van der Waals surface area contributed by atoms with Gasteiger partial charge in [-0.05, 0) is 37.1 Å². The largest absolute Gasteiger partial charge is 0.494 e. The Hall–Kier alpha value is -3.95. The maximum absolute atomic E-state index is 13.5. The minimum Gasteiger partial charge on any atom is -0.494 e. The average molecular weight is 453 g/mol. The number of anilines is 1. The number of hydrogen-bond donors (Lipinski definition) is 1. The van der Waals surface area contributed by atoms with Gasteiger partial charge in [0.1, 0.15) is 17.8 Å². The van der Waals surface area contributed by atoms with E-state index >= 15 is 0 Å². The number of halogens is 3. The predicted octanol–water partition coefficient (Wildman–Crippen LogP) is 4.86. The van der Waals surface area contributed by atoms with Gasteiger partial charge in [-0.15, -0.1) is 0 Å². The molecular weight excluding hydrogens is 435 g/mol. The summed E-state index contributed by atoms with van der Waals surface area (Å²) in [7, 11) is 1.47. The lowest BCUT2D eigenvalue weighted by Crippen LogP contribution is -2.14. The van der Waals surface area contributed by atoms with Gasteiger partial charge in [-0.1, -0.05) is 18.2 Å². The van der Waals surface area contributed by atoms with Crippen LogP contribution in [0.25, 0.3) is 28.0 Å². The fourth-order valence-electron chi connectivity index (χ4n) is 3.59. The van der Waals surface area contributed by atoms with E-state index in [0.717, 1.165) is 18.9 Å². The number of fused-ring (bicyclic) bond motifs is 1. The van der Waals surface area contributed by atoms with Crippen LogP contribution in [0.5, 0.6) is 5.75 Å². The maximum atomic E-state index is 13.5. The molecule has 2 aromatic heterocycles. The van der Waals surface area contributed by atoms with E-state index in [1.807, 2.05) is 0 Å². The van der Waals surface area contributed by atoms with Crippen LogP contribution in [0, 0.1) is 5.92 Å². The molecule has 33 heavy (non-hydrogen) atoms. The van der Waals surface area contributed by atoms with Crippen molar-refractivity contribution in [3.8, 4) is 22.8 Å². The van der Waals surface area contributed by atoms with Gasteiger partial charge in [-0.3, -0.25) is 4.79 Å². The topological polar surface area (TPSA) is 81.9 Å². The van der Waals surface area contributed by atoms with E-state index in [1.165, 1.54) is 18.1 Å². The average Bonchev–Trinajstić information content (AvgIpc) is 3.56. The molecule has 1 N–H and O–H groups in total. The quantitative estimate of drug-likeness (QED) is 0.467. The van der Waals surface area contributed by atoms with Crippen molar-refractivity contribution in [1.29, 1.82) is 0 Å². The first-order valence-electron chi connectivity index (χ1n) is 10.2. The first-order valence-corrected chi connectivity index (χ1v) is 10.2. The highest BCUT2D eigenvalue weighted by molar-refractivity contribution is 6.01. The Bertz CT molecular complexity index is 1350. The van der Waals surface area contributed by atoms with Crippen LogP contribution < -0.4 is 10.1 Å². The third kappa shape index (κ3) is 3.99. The third-order valence-corrected chi connectivity index (χ3v) is 5.41. The molecule has 0 radical (unpaired) electrons. The number of carbonyl (C=O) groups excluding carboxylic acids is 1. The van der Waals surface area contributed by atoms with E-state index in [4.69, 9.17) is 4.74 Å². The molecule has 0 spiro atoms. The number of amides is 1. The van der Waals surface area contributed by atoms with Crippen LogP contribution in [0.1, 0.15) is 18.5 Å². The molecule has 1 saturated carbocycles. The van der Waals surface area contributed by atoms with Gasteiger partial charge < -0.3 is 10.1 Å². The number of nitrogens with zero attached hydrogens (tertiary/aromatic N) is 4. The fraction of sp³-hybridized carbons (Fsp3) is 0.217. The zero-order valence-electron chi connectivity index (χ0n) is 17.4. The zero-order valence-corrected chi connectivity index (χ0v) is 17.4. The van der Waals surface area contributed by atoms with Crippen LogP contribution >= 0.6 is 0 Å². The van der Waals surface area contributed by atoms with E-state index in [1.54, 1.807) is 42.5 Å². The van der Waals surface area contributed by atoms with Gasteiger partial charge in [-0.25, -0.2) is 14.6 Å². The molecule has 168 valence electrons. The van der Waals surface area contributed by atoms with Crippen LogP contribution in [0.15, 0.2) is 54.9 Å². The maximum Gasteiger partial charge on any atom is 0.435 e. The highest BCUT2D eigenvalue weighted by Crippen LogP contribution is 2.38. The van der Waals surface area contributed by atoms with Crippen LogP contribution in [-0.2, 0) is 11.0 Å². The number of methoxy groups -OCH3 is 1. The summed E-state index contributed by atoms with van der Waals surface area (Å²) in [6.07, 6.45) is -1.71. The number of benzene rings is 2. The molecule has 1 aliphatic rings. The minimum atomic E-state index is -4.63. The Labute approximate surface area is 186 Å². The highest BCUT2D eigenvalue weighted by Gasteiger charge is 2.36. The molecule has 0 atom stereocenters. The van der Waals surface area contributed by atoms with Gasteiger partial charge in [-0.2, -0.15) is 18.3 Å². The van der Waals surface area contributed by atoms with Crippen molar-refractivity contribution in [3.05, 3.63) is 60.6 Å². The number of para-hydroxylation sites is 1. The zero-order chi connectivity index (χ0) is 23.2. The molecule has 2 aromatic carbocycles. The van der Waals surface area contributed by atoms with Crippen molar-refractivity contribution in [2.45, 2.75) is 19.0 Å². The van der Waals surface area contributed by atoms with Crippen molar-refractivity contribution in [1.82, 2.24) is 19.7 Å². The van der Waals surface area contributed by atoms with Crippen molar-refractivity contribution in [2.75, 3.05) is 12.4 Å². The summed E-state index contributed by atoms with van der Waals surface area (Å²) < 4.78 is 47.2. The van der Waals surface area contributed by atoms with E-state index in [0.29, 0.717) is 28.0 Å². The molecule has 0 unspecified atom stereocenters. The summed E-state index contributed by atoms with van der Waals surface area (Å²) in [5, 5.41) is 7.11. The van der Waals surface area contributed by atoms with Gasteiger partial charge >= 0.3 is 6.18 Å². The summed E-state index contributed by atoms with van der Waals surface area (Å²) in [4.78, 5) is 20.9. The van der Waals surface area contributed by atoms with E-state index in [-0.39, 0.29) is 23.2 Å². The number of nitrogens with one attached hydrogen (secondary N) is 1. The van der Waals surface area contributed by atoms with Crippen molar-refractivity contribution in [2.24, 2.45) is 5.92 Å². The van der Waals surface area contributed by atoms with Crippen molar-refractivity contribution >= 4 is 22.5 Å². The van der Waals surface area contributed by atoms with Crippen LogP contribution in [0.4, 0.5) is 18.9 Å². The molecular formula is C23H18F3N5O2. The standard InChI is InChI=1S/C23H18F3N5O2/c1-33-19-10-16-15(9-17(19)29-22(32)13-7-8-13)21(28-12-27-16)18-11-20(23(24,25)26)30-31(18)14-5-3-2-4-6-14/h2-6,9-13H,7-8H2,1H3,(H,29,32). The Morgan fingerprint density at radius 1 is 1.12 bits per heavy atom. The molecule has 5 rings (SSSR count). The molecule has 0 bridgehead atoms. The van der Waals surface area contributed by atoms with E-state index in [2.05, 4.69) is 20.4 Å². The summed E-state index contributed by atoms with van der Waals surface area (Å²) in [6, 6.07) is 12.7. The lowest BCUT2D eigenvalue weighted by atomic mass is 10.1. The number of carbonyl (C=O) groups is 1. The van der Waals surface area contributed by atoms with Crippen molar-refractivity contribution < 1.29 is 22.7 Å². The third-order valence-electron chi connectivity index (χ3n) is 5.41. The summed E-state index contributed by atoms with van der Waals surface area (Å²) in [5.74, 6) is 0.235. The van der Waals surface area contributed by atoms with Gasteiger partial charge in [0, 0.05) is 17.4 Å². The Morgan fingerprint density at radius 2 is 1.88 bits per heavy atom. The number of hydrogen-bond acceptors (Lipinski definition) is 5. The number of ether oxygens (including phenoxy) is 1. The second-order valence-corrected chi connectivity index (χ2v) is 7.72. The molecule has 10 heteroatoms. The second kappa shape index (κ2) is 7.88. The Morgan fingerprint density at radius 3 is 2.55 bits per heavy atom. The summed E-state index contributed by atoms with van der Waals surface area (Å²) in [5.41, 5.74) is 0.659. The van der Waals surface area contributed by atoms with Gasteiger partial charge in [0.15, 0.2) is 5.69 Å². The van der Waals surface area contributed by atoms with Crippen molar-refractivity contribution in [3.63, 3.8) is 0 Å².